The molecule has 0 atom stereocenters. The zero-order chi connectivity index (χ0) is 25.6. The fourth-order valence-corrected chi connectivity index (χ4v) is 7.50. The van der Waals surface area contributed by atoms with E-state index >= 15 is 0 Å². The second kappa shape index (κ2) is 9.62. The number of aryl methyl sites for hydroxylation is 2. The minimum Gasteiger partial charge on any atom is -0.394 e. The molecule has 4 aromatic rings. The average Bonchev–Trinajstić information content (AvgIpc) is 3.13. The smallest absolute Gasteiger partial charge is 0.394 e. The Bertz CT molecular complexity index is 1540. The van der Waals surface area contributed by atoms with E-state index in [0.29, 0.717) is 11.5 Å². The van der Waals surface area contributed by atoms with E-state index < -0.39 is 7.82 Å². The standard InChI is InChI=1S/C30H23O4PS2/c1-19-9-7-13-23-25(17-21-11-3-5-15-27(21)36-29(19)23)33-35(31,32)34-26-18-22-12-4-6-16-28(22)37-30-20(2)10-8-14-24(26)30/h3-18H,1-2H3,(H,31,32). The van der Waals surface area contributed by atoms with Crippen LogP contribution in [0.1, 0.15) is 33.4 Å². The Morgan fingerprint density at radius 1 is 0.622 bits per heavy atom. The van der Waals surface area contributed by atoms with Gasteiger partial charge in [0, 0.05) is 30.7 Å². The maximum Gasteiger partial charge on any atom is 0.584 e. The Labute approximate surface area is 224 Å². The Hall–Kier alpha value is -3.15. The Morgan fingerprint density at radius 3 is 1.51 bits per heavy atom. The summed E-state index contributed by atoms with van der Waals surface area (Å²) in [5.74, 6) is 0.603. The van der Waals surface area contributed by atoms with Crippen LogP contribution in [0.3, 0.4) is 0 Å². The third-order valence-electron chi connectivity index (χ3n) is 6.22. The molecule has 0 unspecified atom stereocenters. The van der Waals surface area contributed by atoms with E-state index in [2.05, 4.69) is 0 Å². The lowest BCUT2D eigenvalue weighted by molar-refractivity contribution is 0.264. The van der Waals surface area contributed by atoms with Crippen LogP contribution < -0.4 is 0 Å². The molecule has 2 aliphatic heterocycles. The lowest BCUT2D eigenvalue weighted by atomic mass is 10.1. The monoisotopic (exact) mass is 542 g/mol. The van der Waals surface area contributed by atoms with E-state index in [1.165, 1.54) is 0 Å². The first-order valence-corrected chi connectivity index (χ1v) is 14.9. The van der Waals surface area contributed by atoms with Crippen LogP contribution in [0.2, 0.25) is 0 Å². The van der Waals surface area contributed by atoms with Gasteiger partial charge in [-0.3, -0.25) is 4.89 Å². The third kappa shape index (κ3) is 4.78. The van der Waals surface area contributed by atoms with Crippen molar-refractivity contribution in [3.8, 4) is 0 Å². The molecule has 7 heteroatoms. The number of phosphoric acid groups is 1. The van der Waals surface area contributed by atoms with Crippen molar-refractivity contribution in [1.29, 1.82) is 0 Å². The molecule has 2 heterocycles. The largest absolute Gasteiger partial charge is 0.584 e. The highest BCUT2D eigenvalue weighted by Crippen LogP contribution is 2.55. The molecule has 0 bridgehead atoms. The predicted molar refractivity (Wildman–Crippen MR) is 151 cm³/mol. The van der Waals surface area contributed by atoms with Crippen LogP contribution in [0.15, 0.2) is 105 Å². The van der Waals surface area contributed by atoms with E-state index in [9.17, 15) is 9.46 Å². The average molecular weight is 543 g/mol. The second-order valence-electron chi connectivity index (χ2n) is 8.85. The van der Waals surface area contributed by atoms with Crippen molar-refractivity contribution in [3.05, 3.63) is 118 Å². The topological polar surface area (TPSA) is 55.8 Å². The van der Waals surface area contributed by atoms with Crippen molar-refractivity contribution < 1.29 is 18.5 Å². The fraction of sp³-hybridized carbons (Fsp3) is 0.0667. The van der Waals surface area contributed by atoms with Gasteiger partial charge in [-0.05, 0) is 60.4 Å². The molecule has 0 spiro atoms. The van der Waals surface area contributed by atoms with Crippen molar-refractivity contribution in [2.45, 2.75) is 33.4 Å². The van der Waals surface area contributed by atoms with Crippen LogP contribution in [-0.4, -0.2) is 4.89 Å². The van der Waals surface area contributed by atoms with Crippen molar-refractivity contribution in [1.82, 2.24) is 0 Å². The molecule has 6 rings (SSSR count). The molecular formula is C30H23O4PS2. The maximum absolute atomic E-state index is 13.6. The van der Waals surface area contributed by atoms with Gasteiger partial charge in [0.05, 0.1) is 0 Å². The van der Waals surface area contributed by atoms with Crippen LogP contribution >= 0.6 is 31.3 Å². The molecule has 0 radical (unpaired) electrons. The molecule has 37 heavy (non-hydrogen) atoms. The van der Waals surface area contributed by atoms with Crippen molar-refractivity contribution >= 4 is 55.0 Å². The normalized spacial score (nSPS) is 14.0. The number of hydrogen-bond acceptors (Lipinski definition) is 5. The van der Waals surface area contributed by atoms with E-state index in [1.807, 2.05) is 111 Å². The minimum atomic E-state index is -4.59. The molecule has 0 fully saturated rings. The van der Waals surface area contributed by atoms with Crippen LogP contribution in [0, 0.1) is 13.8 Å². The summed E-state index contributed by atoms with van der Waals surface area (Å²) in [5.41, 5.74) is 5.46. The highest BCUT2D eigenvalue weighted by Gasteiger charge is 2.32. The molecular weight excluding hydrogens is 519 g/mol. The van der Waals surface area contributed by atoms with E-state index in [0.717, 1.165) is 53.0 Å². The Balaban J connectivity index is 1.42. The van der Waals surface area contributed by atoms with Crippen LogP contribution in [0.4, 0.5) is 0 Å². The maximum atomic E-state index is 13.6. The molecule has 0 aromatic heterocycles. The summed E-state index contributed by atoms with van der Waals surface area (Å²) < 4.78 is 25.3. The van der Waals surface area contributed by atoms with Gasteiger partial charge >= 0.3 is 7.82 Å². The molecule has 4 aromatic carbocycles. The molecule has 184 valence electrons. The summed E-state index contributed by atoms with van der Waals surface area (Å²) in [6.07, 6.45) is 3.62. The number of phosphoric ester groups is 1. The molecule has 0 saturated carbocycles. The SMILES string of the molecule is Cc1cccc2c1Sc1ccccc1C=C2OP(=O)(O)OC1=Cc2ccccc2Sc2c(C)cccc21. The van der Waals surface area contributed by atoms with Gasteiger partial charge in [-0.2, -0.15) is 0 Å². The molecule has 1 N–H and O–H groups in total. The van der Waals surface area contributed by atoms with Gasteiger partial charge in [-0.15, -0.1) is 0 Å². The quantitative estimate of drug-likeness (QED) is 0.260. The van der Waals surface area contributed by atoms with Crippen LogP contribution in [-0.2, 0) is 13.6 Å². The first-order valence-electron chi connectivity index (χ1n) is 11.8. The van der Waals surface area contributed by atoms with Gasteiger partial charge < -0.3 is 9.05 Å². The summed E-state index contributed by atoms with van der Waals surface area (Å²) in [5, 5.41) is 0. The Morgan fingerprint density at radius 2 is 1.05 bits per heavy atom. The summed E-state index contributed by atoms with van der Waals surface area (Å²) in [6.45, 7) is 4.05. The molecule has 2 aliphatic rings. The van der Waals surface area contributed by atoms with Crippen LogP contribution in [0.5, 0.6) is 0 Å². The molecule has 0 saturated heterocycles. The number of fused-ring (bicyclic) bond motifs is 4. The molecule has 4 nitrogen and oxygen atoms in total. The van der Waals surface area contributed by atoms with Crippen molar-refractivity contribution in [2.24, 2.45) is 0 Å². The first kappa shape index (κ1) is 24.2. The van der Waals surface area contributed by atoms with Gasteiger partial charge in [0.15, 0.2) is 0 Å². The predicted octanol–water partition coefficient (Wildman–Crippen LogP) is 9.06. The molecule has 0 amide bonds. The van der Waals surface area contributed by atoms with E-state index in [-0.39, 0.29) is 0 Å². The second-order valence-corrected chi connectivity index (χ2v) is 12.3. The summed E-state index contributed by atoms with van der Waals surface area (Å²) in [4.78, 5) is 15.2. The Kier molecular flexibility index (Phi) is 6.29. The lowest BCUT2D eigenvalue weighted by Crippen LogP contribution is -1.99. The number of rotatable bonds is 4. The van der Waals surface area contributed by atoms with Crippen molar-refractivity contribution in [3.63, 3.8) is 0 Å². The number of benzene rings is 4. The zero-order valence-corrected chi connectivity index (χ0v) is 22.7. The summed E-state index contributed by atoms with van der Waals surface area (Å²) in [7, 11) is -4.59. The first-order chi connectivity index (χ1) is 17.9. The van der Waals surface area contributed by atoms with Crippen LogP contribution in [0.25, 0.3) is 23.7 Å². The van der Waals surface area contributed by atoms with Gasteiger partial charge in [0.25, 0.3) is 0 Å². The summed E-state index contributed by atoms with van der Waals surface area (Å²) in [6, 6.07) is 27.6. The minimum absolute atomic E-state index is 0.301. The van der Waals surface area contributed by atoms with E-state index in [4.69, 9.17) is 9.05 Å². The van der Waals surface area contributed by atoms with Gasteiger partial charge in [0.1, 0.15) is 11.5 Å². The highest BCUT2D eigenvalue weighted by atomic mass is 32.2. The summed E-state index contributed by atoms with van der Waals surface area (Å²) >= 11 is 3.25. The van der Waals surface area contributed by atoms with Gasteiger partial charge in [-0.25, -0.2) is 4.57 Å². The lowest BCUT2D eigenvalue weighted by Gasteiger charge is -2.20. The fourth-order valence-electron chi connectivity index (χ4n) is 4.43. The van der Waals surface area contributed by atoms with Gasteiger partial charge in [0.2, 0.25) is 0 Å². The van der Waals surface area contributed by atoms with Gasteiger partial charge in [-0.1, -0.05) is 96.3 Å². The highest BCUT2D eigenvalue weighted by molar-refractivity contribution is 7.99. The molecule has 0 aliphatic carbocycles. The number of hydrogen-bond donors (Lipinski definition) is 1. The third-order valence-corrected chi connectivity index (χ3v) is 9.75. The van der Waals surface area contributed by atoms with Crippen molar-refractivity contribution in [2.75, 3.05) is 0 Å². The van der Waals surface area contributed by atoms with E-state index in [1.54, 1.807) is 23.5 Å². The zero-order valence-electron chi connectivity index (χ0n) is 20.2.